The molecule has 21 heavy (non-hydrogen) atoms. The van der Waals surface area contributed by atoms with Crippen LogP contribution < -0.4 is 11.1 Å². The molecule has 0 aliphatic carbocycles. The predicted octanol–water partition coefficient (Wildman–Crippen LogP) is 2.90. The molecule has 0 atom stereocenters. The lowest BCUT2D eigenvalue weighted by Crippen LogP contribution is -2.07. The number of para-hydroxylation sites is 2. The van der Waals surface area contributed by atoms with Gasteiger partial charge in [0.2, 0.25) is 0 Å². The first-order valence-electron chi connectivity index (χ1n) is 6.59. The van der Waals surface area contributed by atoms with E-state index in [0.29, 0.717) is 18.0 Å². The average molecular weight is 286 g/mol. The third-order valence-corrected chi connectivity index (χ3v) is 3.18. The van der Waals surface area contributed by atoms with Crippen LogP contribution in [-0.4, -0.2) is 24.8 Å². The van der Waals surface area contributed by atoms with E-state index >= 15 is 0 Å². The second-order valence-corrected chi connectivity index (χ2v) is 4.60. The second kappa shape index (κ2) is 6.76. The number of ether oxygens (including phenoxy) is 1. The fourth-order valence-electron chi connectivity index (χ4n) is 2.09. The monoisotopic (exact) mass is 286 g/mol. The topological polar surface area (TPSA) is 84.6 Å². The summed E-state index contributed by atoms with van der Waals surface area (Å²) in [6.45, 7) is 0.592. The summed E-state index contributed by atoms with van der Waals surface area (Å²) in [7, 11) is 1.65. The molecule has 0 heterocycles. The van der Waals surface area contributed by atoms with Crippen LogP contribution in [0.25, 0.3) is 0 Å². The molecule has 0 radical (unpaired) electrons. The number of nitrogens with two attached hydrogens (primary N) is 1. The van der Waals surface area contributed by atoms with Crippen LogP contribution in [0.1, 0.15) is 15.9 Å². The minimum Gasteiger partial charge on any atom is -0.478 e. The van der Waals surface area contributed by atoms with Crippen LogP contribution in [0.15, 0.2) is 42.5 Å². The molecular formula is C16H18N2O3. The van der Waals surface area contributed by atoms with E-state index in [-0.39, 0.29) is 5.56 Å². The first-order chi connectivity index (χ1) is 10.1. The van der Waals surface area contributed by atoms with Gasteiger partial charge in [0.1, 0.15) is 0 Å². The maximum atomic E-state index is 11.3. The van der Waals surface area contributed by atoms with E-state index in [1.165, 1.54) is 6.07 Å². The molecule has 0 aromatic heterocycles. The fourth-order valence-corrected chi connectivity index (χ4v) is 2.09. The van der Waals surface area contributed by atoms with E-state index in [0.717, 1.165) is 17.7 Å². The number of benzene rings is 2. The van der Waals surface area contributed by atoms with E-state index in [2.05, 4.69) is 5.32 Å². The molecule has 5 nitrogen and oxygen atoms in total. The highest BCUT2D eigenvalue weighted by Gasteiger charge is 2.13. The number of anilines is 3. The zero-order chi connectivity index (χ0) is 15.2. The Balaban J connectivity index is 2.37. The summed E-state index contributed by atoms with van der Waals surface area (Å²) in [5.41, 5.74) is 8.74. The number of nitrogen functional groups attached to an aromatic ring is 1. The Kier molecular flexibility index (Phi) is 4.79. The number of rotatable bonds is 6. The molecule has 0 bridgehead atoms. The number of carboxylic acids is 1. The van der Waals surface area contributed by atoms with Crippen molar-refractivity contribution in [1.82, 2.24) is 0 Å². The number of carbonyl (C=O) groups is 1. The Labute approximate surface area is 123 Å². The van der Waals surface area contributed by atoms with Gasteiger partial charge in [-0.25, -0.2) is 4.79 Å². The number of methoxy groups -OCH3 is 1. The first kappa shape index (κ1) is 14.9. The lowest BCUT2D eigenvalue weighted by molar-refractivity contribution is 0.0698. The van der Waals surface area contributed by atoms with Gasteiger partial charge in [0, 0.05) is 12.8 Å². The fraction of sp³-hybridized carbons (Fsp3) is 0.188. The van der Waals surface area contributed by atoms with E-state index < -0.39 is 5.97 Å². The molecule has 0 saturated carbocycles. The summed E-state index contributed by atoms with van der Waals surface area (Å²) in [6.07, 6.45) is 0.731. The molecule has 2 aromatic rings. The van der Waals surface area contributed by atoms with E-state index in [4.69, 9.17) is 10.5 Å². The second-order valence-electron chi connectivity index (χ2n) is 4.60. The van der Waals surface area contributed by atoms with Gasteiger partial charge in [-0.1, -0.05) is 24.3 Å². The molecule has 0 spiro atoms. The van der Waals surface area contributed by atoms with Gasteiger partial charge in [0.25, 0.3) is 0 Å². The Morgan fingerprint density at radius 3 is 2.71 bits per heavy atom. The van der Waals surface area contributed by atoms with Gasteiger partial charge in [0.15, 0.2) is 0 Å². The summed E-state index contributed by atoms with van der Waals surface area (Å²) in [4.78, 5) is 11.3. The molecule has 0 aliphatic heterocycles. The van der Waals surface area contributed by atoms with Crippen LogP contribution in [0.3, 0.4) is 0 Å². The molecule has 2 rings (SSSR count). The molecule has 2 aromatic carbocycles. The van der Waals surface area contributed by atoms with E-state index in [1.54, 1.807) is 19.2 Å². The number of carboxylic acid groups (broad SMARTS) is 1. The number of hydrogen-bond acceptors (Lipinski definition) is 4. The van der Waals surface area contributed by atoms with Crippen molar-refractivity contribution < 1.29 is 14.6 Å². The largest absolute Gasteiger partial charge is 0.478 e. The van der Waals surface area contributed by atoms with Gasteiger partial charge in [-0.15, -0.1) is 0 Å². The first-order valence-corrected chi connectivity index (χ1v) is 6.59. The molecule has 0 saturated heterocycles. The number of hydrogen-bond donors (Lipinski definition) is 3. The van der Waals surface area contributed by atoms with Crippen molar-refractivity contribution >= 4 is 23.0 Å². The minimum atomic E-state index is -1.01. The number of nitrogens with one attached hydrogen (secondary N) is 1. The van der Waals surface area contributed by atoms with E-state index in [9.17, 15) is 9.90 Å². The molecule has 5 heteroatoms. The normalized spacial score (nSPS) is 10.3. The van der Waals surface area contributed by atoms with Crippen LogP contribution in [0.5, 0.6) is 0 Å². The van der Waals surface area contributed by atoms with Crippen molar-refractivity contribution in [3.05, 3.63) is 53.6 Å². The third kappa shape index (κ3) is 3.52. The maximum Gasteiger partial charge on any atom is 0.337 e. The van der Waals surface area contributed by atoms with Crippen LogP contribution in [0, 0.1) is 0 Å². The highest BCUT2D eigenvalue weighted by atomic mass is 16.5. The lowest BCUT2D eigenvalue weighted by Gasteiger charge is -2.15. The molecule has 0 unspecified atom stereocenters. The standard InChI is InChI=1S/C16H18N2O3/c1-21-10-9-11-5-2-3-8-14(11)18-15-12(16(19)20)6-4-7-13(15)17/h2-8,18H,9-10,17H2,1H3,(H,19,20). The van der Waals surface area contributed by atoms with Crippen molar-refractivity contribution in [2.75, 3.05) is 24.8 Å². The van der Waals surface area contributed by atoms with Gasteiger partial charge < -0.3 is 20.9 Å². The molecule has 0 amide bonds. The maximum absolute atomic E-state index is 11.3. The van der Waals surface area contributed by atoms with Gasteiger partial charge in [-0.05, 0) is 30.2 Å². The highest BCUT2D eigenvalue weighted by molar-refractivity contribution is 5.98. The van der Waals surface area contributed by atoms with Crippen molar-refractivity contribution in [3.8, 4) is 0 Å². The molecular weight excluding hydrogens is 268 g/mol. The summed E-state index contributed by atoms with van der Waals surface area (Å²) >= 11 is 0. The summed E-state index contributed by atoms with van der Waals surface area (Å²) in [5, 5.41) is 12.4. The van der Waals surface area contributed by atoms with Crippen LogP contribution in [0.4, 0.5) is 17.1 Å². The van der Waals surface area contributed by atoms with Crippen molar-refractivity contribution in [2.45, 2.75) is 6.42 Å². The summed E-state index contributed by atoms with van der Waals surface area (Å²) < 4.78 is 5.09. The molecule has 4 N–H and O–H groups in total. The van der Waals surface area contributed by atoms with Crippen LogP contribution in [-0.2, 0) is 11.2 Å². The van der Waals surface area contributed by atoms with Crippen LogP contribution in [0.2, 0.25) is 0 Å². The Morgan fingerprint density at radius 1 is 1.24 bits per heavy atom. The van der Waals surface area contributed by atoms with Gasteiger partial charge in [0.05, 0.1) is 23.5 Å². The Bertz CT molecular complexity index is 641. The number of aromatic carboxylic acids is 1. The Hall–Kier alpha value is -2.53. The third-order valence-electron chi connectivity index (χ3n) is 3.18. The highest BCUT2D eigenvalue weighted by Crippen LogP contribution is 2.29. The Morgan fingerprint density at radius 2 is 2.00 bits per heavy atom. The van der Waals surface area contributed by atoms with Gasteiger partial charge >= 0.3 is 5.97 Å². The smallest absolute Gasteiger partial charge is 0.337 e. The zero-order valence-corrected chi connectivity index (χ0v) is 11.8. The molecule has 0 aliphatic rings. The molecule has 110 valence electrons. The van der Waals surface area contributed by atoms with Crippen molar-refractivity contribution in [1.29, 1.82) is 0 Å². The molecule has 0 fully saturated rings. The van der Waals surface area contributed by atoms with Crippen molar-refractivity contribution in [2.24, 2.45) is 0 Å². The van der Waals surface area contributed by atoms with Crippen molar-refractivity contribution in [3.63, 3.8) is 0 Å². The summed E-state index contributed by atoms with van der Waals surface area (Å²) in [5.74, 6) is -1.01. The quantitative estimate of drug-likeness (QED) is 0.711. The summed E-state index contributed by atoms with van der Waals surface area (Å²) in [6, 6.07) is 12.5. The lowest BCUT2D eigenvalue weighted by atomic mass is 10.1. The average Bonchev–Trinajstić information content (AvgIpc) is 2.48. The van der Waals surface area contributed by atoms with E-state index in [1.807, 2.05) is 24.3 Å². The minimum absolute atomic E-state index is 0.150. The zero-order valence-electron chi connectivity index (χ0n) is 11.8. The van der Waals surface area contributed by atoms with Crippen LogP contribution >= 0.6 is 0 Å². The predicted molar refractivity (Wildman–Crippen MR) is 83.1 cm³/mol. The SMILES string of the molecule is COCCc1ccccc1Nc1c(N)cccc1C(=O)O. The van der Waals surface area contributed by atoms with Gasteiger partial charge in [-0.2, -0.15) is 0 Å². The van der Waals surface area contributed by atoms with Gasteiger partial charge in [-0.3, -0.25) is 0 Å².